The first-order valence-electron chi connectivity index (χ1n) is 49.1. The Morgan fingerprint density at radius 2 is 0.705 bits per heavy atom. The second-order valence-electron chi connectivity index (χ2n) is 46.6. The summed E-state index contributed by atoms with van der Waals surface area (Å²) in [6, 6.07) is 13.2. The Morgan fingerprint density at radius 3 is 1.04 bits per heavy atom. The number of aryl methyl sites for hydroxylation is 1. The van der Waals surface area contributed by atoms with E-state index in [1.54, 1.807) is 0 Å². The molecule has 3 aromatic carbocycles. The standard InChI is InChI=1S/C28H52N2O4.C23H38O.C21H34O3.C21H36O.C14H28N2O2.H2/c1-25(2)17-21(18-26(3,4)29-25)33-23(31)15-13-11-9-10-12-14-16-24(32)34-22-19-27(5,6)30-28(7,8)20-22;1-8-9-16-10-12-17(13-11-16)18-14-19(22(2,3)4)21(24)20(15-18)23(5,6)7;1-8-9-14-12-23-19(24-13-14)15-10-16(20(2,3)4)18(22)17(11-15)21(5,6)7;1-8-9-10-11-12-13-16-14-17(20(2,3)4)19(22)18(15-16)21(5,6)7;1(3-5-15-7-11-17-12-8-15)2-4-6-16-9-13-18-14-10-16;/h21-22,29-30H,9-20H2,1-8H3;14-17,24H,8-13H2,1-7H3;10-11,14,19,22H,8-9,12-13H2,1-7H3;14-15,22H,8-13H2,1-7H3;1-14H2;1H. The Bertz CT molecular complexity index is 3190. The Labute approximate surface area is 750 Å². The lowest BCUT2D eigenvalue weighted by Crippen LogP contribution is -2.59. The molecule has 1 aliphatic carbocycles. The van der Waals surface area contributed by atoms with Crippen molar-refractivity contribution in [1.29, 1.82) is 0 Å². The number of phenolic OH excluding ortho intramolecular Hbond substituents is 3. The van der Waals surface area contributed by atoms with E-state index in [1.807, 2.05) is 0 Å². The van der Waals surface area contributed by atoms with Crippen LogP contribution in [0.15, 0.2) is 36.4 Å². The van der Waals surface area contributed by atoms with Crippen LogP contribution in [0.25, 0.3) is 0 Å². The molecule has 6 fully saturated rings. The molecule has 15 nitrogen and oxygen atoms in total. The van der Waals surface area contributed by atoms with E-state index >= 15 is 0 Å². The molecule has 0 radical (unpaired) electrons. The minimum absolute atomic E-state index is 0. The molecule has 5 heterocycles. The molecule has 0 spiro atoms. The number of rotatable bonds is 30. The minimum Gasteiger partial charge on any atom is -0.507 e. The highest BCUT2D eigenvalue weighted by Gasteiger charge is 2.42. The van der Waals surface area contributed by atoms with Crippen LogP contribution in [0.2, 0.25) is 0 Å². The van der Waals surface area contributed by atoms with Gasteiger partial charge >= 0.3 is 11.9 Å². The maximum Gasteiger partial charge on any atom is 0.306 e. The molecular formula is C107H190N4O11. The van der Waals surface area contributed by atoms with E-state index < -0.39 is 0 Å². The second kappa shape index (κ2) is 49.5. The molecule has 5 saturated heterocycles. The lowest BCUT2D eigenvalue weighted by Gasteiger charge is -2.46. The predicted molar refractivity (Wildman–Crippen MR) is 514 cm³/mol. The lowest BCUT2D eigenvalue weighted by atomic mass is 9.73. The number of phenols is 3. The Morgan fingerprint density at radius 1 is 0.402 bits per heavy atom. The number of piperidine rings is 2. The molecule has 6 aliphatic rings. The maximum atomic E-state index is 12.3. The molecule has 0 aromatic heterocycles. The number of carbonyl (C=O) groups is 2. The van der Waals surface area contributed by atoms with Crippen molar-refractivity contribution in [3.05, 3.63) is 86.5 Å². The van der Waals surface area contributed by atoms with Crippen molar-refractivity contribution in [2.75, 3.05) is 78.9 Å². The summed E-state index contributed by atoms with van der Waals surface area (Å²) >= 11 is 0. The third kappa shape index (κ3) is 39.3. The first-order valence-corrected chi connectivity index (χ1v) is 49.1. The Balaban J connectivity index is 0.000000327. The van der Waals surface area contributed by atoms with Gasteiger partial charge in [0.25, 0.3) is 0 Å². The molecule has 5 N–H and O–H groups in total. The topological polar surface area (TPSA) is 181 Å². The number of morpholine rings is 2. The van der Waals surface area contributed by atoms with Crippen LogP contribution in [0.5, 0.6) is 17.2 Å². The number of nitrogens with zero attached hydrogens (tertiary/aromatic N) is 2. The first-order chi connectivity index (χ1) is 56.7. The molecule has 5 aliphatic heterocycles. The van der Waals surface area contributed by atoms with Crippen LogP contribution in [0.1, 0.15) is 451 Å². The predicted octanol–water partition coefficient (Wildman–Crippen LogP) is 26.3. The molecule has 0 unspecified atom stereocenters. The van der Waals surface area contributed by atoms with Gasteiger partial charge in [-0.05, 0) is 240 Å². The molecule has 1 saturated carbocycles. The van der Waals surface area contributed by atoms with Crippen LogP contribution < -0.4 is 10.6 Å². The number of ether oxygens (including phenoxy) is 6. The number of nitrogens with one attached hydrogen (secondary N) is 2. The third-order valence-electron chi connectivity index (χ3n) is 25.6. The lowest BCUT2D eigenvalue weighted by molar-refractivity contribution is -0.206. The van der Waals surface area contributed by atoms with Gasteiger partial charge < -0.3 is 54.4 Å². The van der Waals surface area contributed by atoms with Gasteiger partial charge in [-0.15, -0.1) is 0 Å². The van der Waals surface area contributed by atoms with Crippen LogP contribution in [0, 0.1) is 11.8 Å². The summed E-state index contributed by atoms with van der Waals surface area (Å²) in [6.45, 7) is 75.4. The number of benzene rings is 3. The number of unbranched alkanes of at least 4 members (excludes halogenated alkanes) is 12. The number of hydrogen-bond acceptors (Lipinski definition) is 15. The van der Waals surface area contributed by atoms with E-state index in [4.69, 9.17) is 28.4 Å². The van der Waals surface area contributed by atoms with Crippen LogP contribution in [0.4, 0.5) is 0 Å². The van der Waals surface area contributed by atoms with E-state index in [1.165, 1.54) is 121 Å². The van der Waals surface area contributed by atoms with E-state index in [2.05, 4.69) is 258 Å². The Hall–Kier alpha value is -4.32. The van der Waals surface area contributed by atoms with Crippen molar-refractivity contribution in [1.82, 2.24) is 20.4 Å². The van der Waals surface area contributed by atoms with Gasteiger partial charge in [0.2, 0.25) is 0 Å². The van der Waals surface area contributed by atoms with Crippen molar-refractivity contribution in [3.8, 4) is 17.2 Å². The fraction of sp³-hybridized carbons (Fsp3) is 0.813. The average Bonchev–Trinajstić information content (AvgIpc) is 0.780. The van der Waals surface area contributed by atoms with Gasteiger partial charge in [-0.25, -0.2) is 0 Å². The highest BCUT2D eigenvalue weighted by atomic mass is 16.7. The van der Waals surface area contributed by atoms with Crippen molar-refractivity contribution in [2.45, 2.75) is 472 Å². The number of hydrogen-bond donors (Lipinski definition) is 5. The van der Waals surface area contributed by atoms with Crippen LogP contribution >= 0.6 is 0 Å². The fourth-order valence-corrected chi connectivity index (χ4v) is 19.4. The number of aromatic hydroxyl groups is 3. The molecule has 122 heavy (non-hydrogen) atoms. The highest BCUT2D eigenvalue weighted by Crippen LogP contribution is 2.47. The van der Waals surface area contributed by atoms with Crippen molar-refractivity contribution in [2.24, 2.45) is 11.8 Å². The summed E-state index contributed by atoms with van der Waals surface area (Å²) in [7, 11) is 0. The smallest absolute Gasteiger partial charge is 0.306 e. The molecule has 0 amide bonds. The van der Waals surface area contributed by atoms with E-state index in [9.17, 15) is 24.9 Å². The number of esters is 2. The molecular weight excluding hydrogens is 1520 g/mol. The SMILES string of the molecule is C(CCCN1CCOCC1)CCN1CCOCC1.CC1(C)CC(OC(=O)CCCCCCCCC(=O)OC2CC(C)(C)NC(C)(C)C2)CC(C)(C)N1.CCCC1CCC(c2cc(C(C)(C)C)c(O)c(C(C)(C)C)c2)CC1.CCCC1COC(c2cc(C(C)(C)C)c(O)c(C(C)(C)C)c2)OC1.CCCCCCCc1cc(C(C)(C)C)c(O)c(C(C)(C)C)c1.[HH]. The van der Waals surface area contributed by atoms with Crippen molar-refractivity contribution >= 4 is 11.9 Å². The Kier molecular flexibility index (Phi) is 43.9. The van der Waals surface area contributed by atoms with Gasteiger partial charge in [-0.2, -0.15) is 0 Å². The summed E-state index contributed by atoms with van der Waals surface area (Å²) < 4.78 is 34.3. The van der Waals surface area contributed by atoms with Gasteiger partial charge in [0.1, 0.15) is 29.5 Å². The second-order valence-corrected chi connectivity index (χ2v) is 46.6. The monoisotopic (exact) mass is 1710 g/mol. The molecule has 9 rings (SSSR count). The largest absolute Gasteiger partial charge is 0.507 e. The first kappa shape index (κ1) is 108. The highest BCUT2D eigenvalue weighted by molar-refractivity contribution is 5.70. The average molecular weight is 1710 g/mol. The maximum absolute atomic E-state index is 12.3. The summed E-state index contributed by atoms with van der Waals surface area (Å²) in [5, 5.41) is 39.7. The van der Waals surface area contributed by atoms with Gasteiger partial charge in [0, 0.05) is 99.8 Å². The van der Waals surface area contributed by atoms with Crippen LogP contribution in [0.3, 0.4) is 0 Å². The van der Waals surface area contributed by atoms with E-state index in [-0.39, 0.29) is 86.5 Å². The zero-order valence-corrected chi connectivity index (χ0v) is 84.1. The van der Waals surface area contributed by atoms with Gasteiger partial charge in [-0.3, -0.25) is 19.4 Å². The van der Waals surface area contributed by atoms with Crippen molar-refractivity contribution < 1.29 is 54.8 Å². The zero-order valence-electron chi connectivity index (χ0n) is 84.1. The normalized spacial score (nSPS) is 21.3. The minimum atomic E-state index is -0.332. The molecule has 15 heteroatoms. The van der Waals surface area contributed by atoms with Gasteiger partial charge in [0.05, 0.1) is 39.6 Å². The molecule has 0 atom stereocenters. The van der Waals surface area contributed by atoms with Crippen LogP contribution in [-0.4, -0.2) is 150 Å². The summed E-state index contributed by atoms with van der Waals surface area (Å²) in [6.07, 6.45) is 33.6. The zero-order chi connectivity index (χ0) is 91.3. The summed E-state index contributed by atoms with van der Waals surface area (Å²) in [4.78, 5) is 29.6. The third-order valence-corrected chi connectivity index (χ3v) is 25.6. The quantitative estimate of drug-likeness (QED) is 0.0314. The summed E-state index contributed by atoms with van der Waals surface area (Å²) in [5.41, 5.74) is 9.70. The van der Waals surface area contributed by atoms with Gasteiger partial charge in [-0.1, -0.05) is 253 Å². The fourth-order valence-electron chi connectivity index (χ4n) is 19.4. The van der Waals surface area contributed by atoms with E-state index in [0.717, 1.165) is 194 Å². The summed E-state index contributed by atoms with van der Waals surface area (Å²) in [5.74, 6) is 3.38. The van der Waals surface area contributed by atoms with Crippen molar-refractivity contribution in [3.63, 3.8) is 0 Å². The number of carbonyl (C=O) groups excluding carboxylic acids is 2. The van der Waals surface area contributed by atoms with Crippen LogP contribution in [-0.2, 0) is 76.9 Å². The molecule has 3 aromatic rings. The molecule has 704 valence electrons. The van der Waals surface area contributed by atoms with Gasteiger partial charge in [0.15, 0.2) is 6.29 Å². The van der Waals surface area contributed by atoms with E-state index in [0.29, 0.717) is 41.9 Å². The molecule has 0 bridgehead atoms.